The van der Waals surface area contributed by atoms with Crippen molar-refractivity contribution >= 4 is 15.9 Å². The number of hydrogen-bond acceptors (Lipinski definition) is 2. The highest BCUT2D eigenvalue weighted by atomic mass is 79.9. The zero-order chi connectivity index (χ0) is 12.5. The lowest BCUT2D eigenvalue weighted by Gasteiger charge is -2.25. The van der Waals surface area contributed by atoms with Gasteiger partial charge in [-0.1, -0.05) is 34.1 Å². The fraction of sp³-hybridized carbons (Fsp3) is 0.571. The molecule has 0 unspecified atom stereocenters. The minimum absolute atomic E-state index is 0.601. The molecule has 0 saturated heterocycles. The predicted octanol–water partition coefficient (Wildman–Crippen LogP) is 3.56. The minimum atomic E-state index is 0.601. The molecule has 0 heterocycles. The summed E-state index contributed by atoms with van der Waals surface area (Å²) in [5.41, 5.74) is 0. The van der Waals surface area contributed by atoms with Crippen LogP contribution >= 0.6 is 15.9 Å². The molecule has 0 aliphatic rings. The smallest absolute Gasteiger partial charge is 0.119 e. The molecule has 0 N–H and O–H groups in total. The molecule has 1 rings (SSSR count). The molecule has 0 fully saturated rings. The average Bonchev–Trinajstić information content (AvgIpc) is 2.34. The van der Waals surface area contributed by atoms with Crippen molar-refractivity contribution in [3.05, 3.63) is 30.3 Å². The summed E-state index contributed by atoms with van der Waals surface area (Å²) in [6, 6.07) is 10.6. The van der Waals surface area contributed by atoms with Gasteiger partial charge >= 0.3 is 0 Å². The van der Waals surface area contributed by atoms with Crippen molar-refractivity contribution < 1.29 is 4.74 Å². The molecule has 0 spiro atoms. The van der Waals surface area contributed by atoms with Crippen molar-refractivity contribution in [3.63, 3.8) is 0 Å². The lowest BCUT2D eigenvalue weighted by molar-refractivity contribution is 0.208. The Morgan fingerprint density at radius 1 is 1.18 bits per heavy atom. The van der Waals surface area contributed by atoms with Crippen LogP contribution in [-0.2, 0) is 0 Å². The van der Waals surface area contributed by atoms with Gasteiger partial charge < -0.3 is 4.74 Å². The molecule has 0 bridgehead atoms. The molecule has 1 aromatic carbocycles. The van der Waals surface area contributed by atoms with Crippen molar-refractivity contribution in [1.29, 1.82) is 0 Å². The van der Waals surface area contributed by atoms with Gasteiger partial charge in [-0.25, -0.2) is 0 Å². The number of halogens is 1. The first-order valence-corrected chi connectivity index (χ1v) is 7.34. The van der Waals surface area contributed by atoms with Crippen molar-refractivity contribution in [2.24, 2.45) is 0 Å². The van der Waals surface area contributed by atoms with E-state index >= 15 is 0 Å². The summed E-state index contributed by atoms with van der Waals surface area (Å²) in [6.07, 6.45) is 1.07. The van der Waals surface area contributed by atoms with Gasteiger partial charge in [0.2, 0.25) is 0 Å². The van der Waals surface area contributed by atoms with E-state index in [-0.39, 0.29) is 0 Å². The molecule has 1 aromatic rings. The van der Waals surface area contributed by atoms with E-state index in [0.29, 0.717) is 6.04 Å². The summed E-state index contributed by atoms with van der Waals surface area (Å²) in [4.78, 5) is 2.46. The van der Waals surface area contributed by atoms with E-state index in [1.165, 1.54) is 0 Å². The van der Waals surface area contributed by atoms with Crippen LogP contribution in [0, 0.1) is 0 Å². The number of ether oxygens (including phenoxy) is 1. The third-order valence-corrected chi connectivity index (χ3v) is 3.06. The van der Waals surface area contributed by atoms with E-state index in [1.54, 1.807) is 0 Å². The van der Waals surface area contributed by atoms with Crippen LogP contribution in [-0.4, -0.2) is 36.0 Å². The quantitative estimate of drug-likeness (QED) is 0.537. The molecule has 96 valence electrons. The highest BCUT2D eigenvalue weighted by Gasteiger charge is 2.07. The first kappa shape index (κ1) is 14.5. The Morgan fingerprint density at radius 3 is 2.47 bits per heavy atom. The van der Waals surface area contributed by atoms with Crippen LogP contribution in [0.1, 0.15) is 20.3 Å². The summed E-state index contributed by atoms with van der Waals surface area (Å²) < 4.78 is 5.68. The topological polar surface area (TPSA) is 12.5 Å². The molecule has 0 saturated carbocycles. The van der Waals surface area contributed by atoms with Crippen LogP contribution < -0.4 is 4.74 Å². The van der Waals surface area contributed by atoms with E-state index in [1.807, 2.05) is 30.3 Å². The number of hydrogen-bond donors (Lipinski definition) is 0. The van der Waals surface area contributed by atoms with Crippen LogP contribution in [0.15, 0.2) is 30.3 Å². The highest BCUT2D eigenvalue weighted by Crippen LogP contribution is 2.09. The van der Waals surface area contributed by atoms with Crippen LogP contribution in [0.2, 0.25) is 0 Å². The summed E-state index contributed by atoms with van der Waals surface area (Å²) in [5, 5.41) is 1.03. The van der Waals surface area contributed by atoms with Gasteiger partial charge in [0.1, 0.15) is 5.75 Å². The predicted molar refractivity (Wildman–Crippen MR) is 77.1 cm³/mol. The van der Waals surface area contributed by atoms with E-state index in [0.717, 1.165) is 37.2 Å². The molecule has 3 heteroatoms. The molecular formula is C14H22BrNO. The van der Waals surface area contributed by atoms with Gasteiger partial charge in [0.15, 0.2) is 0 Å². The SMILES string of the molecule is CC(C)N(CCBr)CCCOc1ccccc1. The third kappa shape index (κ3) is 6.08. The number of rotatable bonds is 8. The van der Waals surface area contributed by atoms with Gasteiger partial charge in [-0.05, 0) is 32.4 Å². The van der Waals surface area contributed by atoms with Crippen molar-refractivity contribution in [2.75, 3.05) is 25.0 Å². The lowest BCUT2D eigenvalue weighted by atomic mass is 10.3. The molecule has 17 heavy (non-hydrogen) atoms. The van der Waals surface area contributed by atoms with Gasteiger partial charge in [-0.15, -0.1) is 0 Å². The minimum Gasteiger partial charge on any atom is -0.494 e. The maximum Gasteiger partial charge on any atom is 0.119 e. The number of nitrogens with zero attached hydrogens (tertiary/aromatic N) is 1. The number of alkyl halides is 1. The summed E-state index contributed by atoms with van der Waals surface area (Å²) in [6.45, 7) is 7.45. The van der Waals surface area contributed by atoms with Gasteiger partial charge in [-0.3, -0.25) is 4.90 Å². The van der Waals surface area contributed by atoms with Crippen LogP contribution in [0.5, 0.6) is 5.75 Å². The first-order valence-electron chi connectivity index (χ1n) is 6.22. The Balaban J connectivity index is 2.18. The Hall–Kier alpha value is -0.540. The van der Waals surface area contributed by atoms with Crippen molar-refractivity contribution in [3.8, 4) is 5.75 Å². The maximum absolute atomic E-state index is 5.68. The molecular weight excluding hydrogens is 278 g/mol. The van der Waals surface area contributed by atoms with E-state index in [2.05, 4.69) is 34.7 Å². The fourth-order valence-electron chi connectivity index (χ4n) is 1.71. The molecule has 2 nitrogen and oxygen atoms in total. The fourth-order valence-corrected chi connectivity index (χ4v) is 2.17. The highest BCUT2D eigenvalue weighted by molar-refractivity contribution is 9.09. The maximum atomic E-state index is 5.68. The Morgan fingerprint density at radius 2 is 1.88 bits per heavy atom. The van der Waals surface area contributed by atoms with Crippen molar-refractivity contribution in [1.82, 2.24) is 4.90 Å². The Labute approximate surface area is 113 Å². The van der Waals surface area contributed by atoms with E-state index in [9.17, 15) is 0 Å². The standard InChI is InChI=1S/C14H22BrNO/c1-13(2)16(11-9-15)10-6-12-17-14-7-4-3-5-8-14/h3-5,7-8,13H,6,9-12H2,1-2H3. The van der Waals surface area contributed by atoms with Crippen LogP contribution in [0.4, 0.5) is 0 Å². The largest absolute Gasteiger partial charge is 0.494 e. The molecule has 0 amide bonds. The van der Waals surface area contributed by atoms with Gasteiger partial charge in [0.25, 0.3) is 0 Å². The summed E-state index contributed by atoms with van der Waals surface area (Å²) in [5.74, 6) is 0.962. The van der Waals surface area contributed by atoms with Crippen LogP contribution in [0.3, 0.4) is 0 Å². The Bertz CT molecular complexity index is 290. The normalized spacial score (nSPS) is 11.1. The number of para-hydroxylation sites is 1. The summed E-state index contributed by atoms with van der Waals surface area (Å²) in [7, 11) is 0. The molecule has 0 radical (unpaired) electrons. The zero-order valence-corrected chi connectivity index (χ0v) is 12.3. The van der Waals surface area contributed by atoms with Crippen molar-refractivity contribution in [2.45, 2.75) is 26.3 Å². The van der Waals surface area contributed by atoms with Gasteiger partial charge in [0, 0.05) is 24.5 Å². The number of benzene rings is 1. The second-order valence-corrected chi connectivity index (χ2v) is 5.13. The van der Waals surface area contributed by atoms with Crippen LogP contribution in [0.25, 0.3) is 0 Å². The zero-order valence-electron chi connectivity index (χ0n) is 10.7. The van der Waals surface area contributed by atoms with Gasteiger partial charge in [0.05, 0.1) is 6.61 Å². The van der Waals surface area contributed by atoms with E-state index in [4.69, 9.17) is 4.74 Å². The monoisotopic (exact) mass is 299 g/mol. The lowest BCUT2D eigenvalue weighted by Crippen LogP contribution is -2.34. The summed E-state index contributed by atoms with van der Waals surface area (Å²) >= 11 is 3.49. The third-order valence-electron chi connectivity index (χ3n) is 2.70. The molecule has 0 aromatic heterocycles. The Kier molecular flexibility index (Phi) is 7.29. The molecule has 0 atom stereocenters. The van der Waals surface area contributed by atoms with Gasteiger partial charge in [-0.2, -0.15) is 0 Å². The second kappa shape index (κ2) is 8.54. The molecule has 0 aliphatic carbocycles. The second-order valence-electron chi connectivity index (χ2n) is 4.33. The van der Waals surface area contributed by atoms with E-state index < -0.39 is 0 Å². The average molecular weight is 300 g/mol. The molecule has 0 aliphatic heterocycles. The first-order chi connectivity index (χ1) is 8.24.